The minimum absolute atomic E-state index is 0. The molecule has 0 saturated heterocycles. The molecule has 0 saturated carbocycles. The average molecular weight is 250 g/mol. The molecule has 4 heteroatoms. The fraction of sp³-hybridized carbons (Fsp3) is 0.125. The molecule has 12 heavy (non-hydrogen) atoms. The molecule has 0 aromatic rings. The third-order valence-corrected chi connectivity index (χ3v) is 0.586. The van der Waals surface area contributed by atoms with Gasteiger partial charge in [-0.05, 0) is 0 Å². The van der Waals surface area contributed by atoms with E-state index < -0.39 is 0 Å². The third-order valence-electron chi connectivity index (χ3n) is 0.586. The second kappa shape index (κ2) is 49.4. The topological polar surface area (TPSA) is 51.2 Å². The van der Waals surface area contributed by atoms with Crippen molar-refractivity contribution in [2.45, 2.75) is 6.42 Å². The maximum absolute atomic E-state index is 7.75. The van der Waals surface area contributed by atoms with Crippen molar-refractivity contribution < 1.29 is 34.5 Å². The van der Waals surface area contributed by atoms with Crippen LogP contribution in [-0.4, -0.2) is 20.4 Å². The van der Waals surface area contributed by atoms with Crippen molar-refractivity contribution in [2.24, 2.45) is 0 Å². The van der Waals surface area contributed by atoms with Crippen molar-refractivity contribution in [1.82, 2.24) is 0 Å². The van der Waals surface area contributed by atoms with Gasteiger partial charge < -0.3 is 14.4 Å². The van der Waals surface area contributed by atoms with Gasteiger partial charge in [-0.2, -0.15) is 6.08 Å². The molecule has 1 rings (SSSR count). The van der Waals surface area contributed by atoms with E-state index in [0.717, 1.165) is 6.42 Å². The minimum Gasteiger partial charge on any atom is -0.545 e. The summed E-state index contributed by atoms with van der Waals surface area (Å²) >= 11 is 0. The Labute approximate surface area is 85.9 Å². The predicted molar refractivity (Wildman–Crippen MR) is 41.8 cm³/mol. The summed E-state index contributed by atoms with van der Waals surface area (Å²) in [6.45, 7) is 9.75. The van der Waals surface area contributed by atoms with Crippen molar-refractivity contribution in [1.29, 1.82) is 0 Å². The van der Waals surface area contributed by atoms with Crippen LogP contribution in [0.4, 0.5) is 0 Å². The Kier molecular flexibility index (Phi) is 92.5. The van der Waals surface area contributed by atoms with Crippen molar-refractivity contribution in [2.75, 3.05) is 0 Å². The van der Waals surface area contributed by atoms with E-state index in [0.29, 0.717) is 0 Å². The summed E-state index contributed by atoms with van der Waals surface area (Å²) in [7, 11) is 0. The van der Waals surface area contributed by atoms with Crippen LogP contribution in [0.15, 0.2) is 18.2 Å². The first-order chi connectivity index (χ1) is 5.50. The predicted octanol–water partition coefficient (Wildman–Crippen LogP) is 0.481. The van der Waals surface area contributed by atoms with Crippen molar-refractivity contribution in [3.63, 3.8) is 0 Å². The number of hydrogen-bond donors (Lipinski definition) is 0. The van der Waals surface area contributed by atoms with Gasteiger partial charge in [-0.3, -0.25) is 26.4 Å². The van der Waals surface area contributed by atoms with Gasteiger partial charge in [0.2, 0.25) is 0 Å². The van der Waals surface area contributed by atoms with Crippen LogP contribution in [0.25, 0.3) is 0 Å². The fourth-order valence-corrected chi connectivity index (χ4v) is 0.340. The Morgan fingerprint density at radius 2 is 1.42 bits per heavy atom. The van der Waals surface area contributed by atoms with E-state index in [1.807, 2.05) is 12.2 Å². The molecule has 1 radical (unpaired) electrons. The van der Waals surface area contributed by atoms with Gasteiger partial charge in [-0.15, -0.1) is 6.42 Å². The van der Waals surface area contributed by atoms with Crippen LogP contribution < -0.4 is 0 Å². The van der Waals surface area contributed by atoms with Crippen LogP contribution in [-0.2, 0) is 34.5 Å². The molecule has 65 valence electrons. The van der Waals surface area contributed by atoms with E-state index >= 15 is 0 Å². The number of hydrogen-bond acceptors (Lipinski definition) is 3. The summed E-state index contributed by atoms with van der Waals surface area (Å²) in [5.41, 5.74) is 0. The number of rotatable bonds is 0. The zero-order chi connectivity index (χ0) is 9.54. The van der Waals surface area contributed by atoms with Crippen molar-refractivity contribution >= 4 is 20.4 Å². The van der Waals surface area contributed by atoms with E-state index in [1.54, 1.807) is 0 Å². The quantitative estimate of drug-likeness (QED) is 0.464. The SMILES string of the molecule is [C-]1=CC=CC1.[CH-]=O.[CH-]=O.[CH-]=O.[Tc+4]. The van der Waals surface area contributed by atoms with E-state index in [4.69, 9.17) is 14.4 Å². The molecule has 0 amide bonds. The van der Waals surface area contributed by atoms with Gasteiger partial charge in [0.05, 0.1) is 0 Å². The Morgan fingerprint density at radius 1 is 1.00 bits per heavy atom. The summed E-state index contributed by atoms with van der Waals surface area (Å²) in [6, 6.07) is 0. The molecular formula is C8H8O3Tc. The molecule has 3 nitrogen and oxygen atoms in total. The second-order valence-electron chi connectivity index (χ2n) is 1.00. The average Bonchev–Trinajstić information content (AvgIpc) is 2.71. The minimum atomic E-state index is 0. The molecule has 0 fully saturated rings. The zero-order valence-corrected chi connectivity index (χ0v) is 8.13. The number of carbonyl (C=O) groups excluding carboxylic acids is 3. The first-order valence-electron chi connectivity index (χ1n) is 2.42. The zero-order valence-electron chi connectivity index (χ0n) is 6.27. The largest absolute Gasteiger partial charge is 4.00 e. The first kappa shape index (κ1) is 22.5. The Morgan fingerprint density at radius 3 is 1.50 bits per heavy atom. The Balaban J connectivity index is -0.0000000406. The molecular weight excluding hydrogens is 242 g/mol. The third kappa shape index (κ3) is 35.3. The standard InChI is InChI=1S/C5H5.3CHO.Tc/c1-2-4-5-3-1;3*1-2;/h1-3H,4H2;3*1H;/q4*-1;+4. The molecule has 0 aromatic carbocycles. The second-order valence-corrected chi connectivity index (χ2v) is 1.00. The van der Waals surface area contributed by atoms with Crippen molar-refractivity contribution in [3.05, 3.63) is 24.3 Å². The maximum Gasteiger partial charge on any atom is 4.00 e. The molecule has 0 unspecified atom stereocenters. The normalized spacial score (nSPS) is 8.33. The Bertz CT molecular complexity index is 98.1. The van der Waals surface area contributed by atoms with Crippen LogP contribution >= 0.6 is 0 Å². The van der Waals surface area contributed by atoms with Crippen molar-refractivity contribution in [3.8, 4) is 0 Å². The maximum atomic E-state index is 7.75. The van der Waals surface area contributed by atoms with Gasteiger partial charge in [-0.25, -0.2) is 12.2 Å². The molecule has 0 N–H and O–H groups in total. The Hall–Kier alpha value is -0.861. The van der Waals surface area contributed by atoms with Crippen LogP contribution in [0.2, 0.25) is 0 Å². The summed E-state index contributed by atoms with van der Waals surface area (Å²) < 4.78 is 0. The molecule has 0 aliphatic heterocycles. The van der Waals surface area contributed by atoms with E-state index in [2.05, 4.69) is 32.5 Å². The molecule has 0 bridgehead atoms. The summed E-state index contributed by atoms with van der Waals surface area (Å²) in [5.74, 6) is 0. The number of allylic oxidation sites excluding steroid dienone is 4. The van der Waals surface area contributed by atoms with Crippen LogP contribution in [0.5, 0.6) is 0 Å². The van der Waals surface area contributed by atoms with E-state index in [-0.39, 0.29) is 20.1 Å². The van der Waals surface area contributed by atoms with Gasteiger partial charge in [-0.1, -0.05) is 0 Å². The monoisotopic (exact) mass is 249 g/mol. The summed E-state index contributed by atoms with van der Waals surface area (Å²) in [4.78, 5) is 23.2. The molecule has 0 heterocycles. The van der Waals surface area contributed by atoms with Crippen LogP contribution in [0.3, 0.4) is 0 Å². The van der Waals surface area contributed by atoms with E-state index in [1.165, 1.54) is 0 Å². The molecule has 0 atom stereocenters. The van der Waals surface area contributed by atoms with Crippen LogP contribution in [0, 0.1) is 6.08 Å². The molecule has 0 spiro atoms. The molecule has 0 aromatic heterocycles. The summed E-state index contributed by atoms with van der Waals surface area (Å²) in [5, 5.41) is 0. The molecule has 1 aliphatic rings. The smallest absolute Gasteiger partial charge is 0.545 e. The van der Waals surface area contributed by atoms with Gasteiger partial charge in [0.25, 0.3) is 0 Å². The van der Waals surface area contributed by atoms with Gasteiger partial charge in [0.15, 0.2) is 0 Å². The van der Waals surface area contributed by atoms with Gasteiger partial charge in [0.1, 0.15) is 0 Å². The summed E-state index contributed by atoms with van der Waals surface area (Å²) in [6.07, 6.45) is 10.0. The van der Waals surface area contributed by atoms with Crippen LogP contribution in [0.1, 0.15) is 6.42 Å². The van der Waals surface area contributed by atoms with Gasteiger partial charge in [0, 0.05) is 0 Å². The first-order valence-corrected chi connectivity index (χ1v) is 2.42. The molecule has 1 aliphatic carbocycles. The van der Waals surface area contributed by atoms with Gasteiger partial charge >= 0.3 is 20.1 Å². The van der Waals surface area contributed by atoms with E-state index in [9.17, 15) is 0 Å². The fourth-order valence-electron chi connectivity index (χ4n) is 0.340.